The van der Waals surface area contributed by atoms with Crippen LogP contribution < -0.4 is 0 Å². The number of halogens is 1. The van der Waals surface area contributed by atoms with Gasteiger partial charge >= 0.3 is 0 Å². The van der Waals surface area contributed by atoms with E-state index >= 15 is 0 Å². The number of aromatic amines is 1. The van der Waals surface area contributed by atoms with Crippen LogP contribution in [0.5, 0.6) is 0 Å². The molecule has 0 radical (unpaired) electrons. The van der Waals surface area contributed by atoms with Gasteiger partial charge in [-0.2, -0.15) is 5.10 Å². The molecule has 1 aliphatic heterocycles. The first-order chi connectivity index (χ1) is 14.2. The normalized spacial score (nSPS) is 15.6. The van der Waals surface area contributed by atoms with Gasteiger partial charge < -0.3 is 4.90 Å². The smallest absolute Gasteiger partial charge is 0.273 e. The highest BCUT2D eigenvalue weighted by molar-refractivity contribution is 6.00. The van der Waals surface area contributed by atoms with Gasteiger partial charge in [0.25, 0.3) is 5.91 Å². The van der Waals surface area contributed by atoms with E-state index in [2.05, 4.69) is 10.2 Å². The molecule has 5 heteroatoms. The molecule has 1 amide bonds. The Bertz CT molecular complexity index is 1170. The second-order valence-corrected chi connectivity index (χ2v) is 7.10. The van der Waals surface area contributed by atoms with Crippen molar-refractivity contribution in [3.63, 3.8) is 0 Å². The van der Waals surface area contributed by atoms with Crippen LogP contribution in [0, 0.1) is 5.82 Å². The number of aromatic nitrogens is 2. The number of hydrogen-bond acceptors (Lipinski definition) is 2. The molecule has 0 fully saturated rings. The highest BCUT2D eigenvalue weighted by atomic mass is 19.1. The Morgan fingerprint density at radius 2 is 1.66 bits per heavy atom. The predicted octanol–water partition coefficient (Wildman–Crippen LogP) is 4.96. The number of rotatable bonds is 4. The lowest BCUT2D eigenvalue weighted by molar-refractivity contribution is 0.0730. The van der Waals surface area contributed by atoms with Crippen LogP contribution in [0.4, 0.5) is 4.39 Å². The Morgan fingerprint density at radius 1 is 0.931 bits per heavy atom. The number of hydrogen-bond donors (Lipinski definition) is 1. The van der Waals surface area contributed by atoms with Crippen molar-refractivity contribution >= 4 is 5.91 Å². The summed E-state index contributed by atoms with van der Waals surface area (Å²) in [4.78, 5) is 15.1. The fraction of sp³-hybridized carbons (Fsp3) is 0.0833. The van der Waals surface area contributed by atoms with Crippen LogP contribution in [0.2, 0.25) is 0 Å². The molecule has 5 rings (SSSR count). The molecule has 142 valence electrons. The molecule has 1 N–H and O–H groups in total. The van der Waals surface area contributed by atoms with E-state index in [0.29, 0.717) is 12.2 Å². The quantitative estimate of drug-likeness (QED) is 0.541. The lowest BCUT2D eigenvalue weighted by atomic mass is 9.96. The fourth-order valence-corrected chi connectivity index (χ4v) is 3.98. The highest BCUT2D eigenvalue weighted by Gasteiger charge is 2.42. The summed E-state index contributed by atoms with van der Waals surface area (Å²) >= 11 is 0. The summed E-state index contributed by atoms with van der Waals surface area (Å²) in [7, 11) is 0. The van der Waals surface area contributed by atoms with Gasteiger partial charge in [-0.25, -0.2) is 4.39 Å². The van der Waals surface area contributed by atoms with E-state index in [1.54, 1.807) is 11.0 Å². The van der Waals surface area contributed by atoms with E-state index in [9.17, 15) is 9.18 Å². The number of nitrogens with one attached hydrogen (secondary N) is 1. The summed E-state index contributed by atoms with van der Waals surface area (Å²) in [6.07, 6.45) is 0. The van der Waals surface area contributed by atoms with E-state index in [1.165, 1.54) is 12.1 Å². The Balaban J connectivity index is 1.66. The second-order valence-electron chi connectivity index (χ2n) is 7.10. The lowest BCUT2D eigenvalue weighted by Gasteiger charge is -2.26. The van der Waals surface area contributed by atoms with E-state index in [1.807, 2.05) is 66.7 Å². The third kappa shape index (κ3) is 3.01. The summed E-state index contributed by atoms with van der Waals surface area (Å²) in [5.41, 5.74) is 4.64. The molecule has 3 aromatic carbocycles. The van der Waals surface area contributed by atoms with Crippen molar-refractivity contribution in [2.45, 2.75) is 12.6 Å². The van der Waals surface area contributed by atoms with Gasteiger partial charge in [0.15, 0.2) is 0 Å². The second kappa shape index (κ2) is 7.02. The number of benzene rings is 3. The molecule has 29 heavy (non-hydrogen) atoms. The molecular formula is C24H18FN3O. The zero-order valence-corrected chi connectivity index (χ0v) is 15.5. The molecule has 0 saturated carbocycles. The number of nitrogens with zero attached hydrogens (tertiary/aromatic N) is 2. The Kier molecular flexibility index (Phi) is 4.21. The van der Waals surface area contributed by atoms with E-state index in [4.69, 9.17) is 0 Å². The number of carbonyl (C=O) groups excluding carboxylic acids is 1. The summed E-state index contributed by atoms with van der Waals surface area (Å²) in [6, 6.07) is 25.6. The van der Waals surface area contributed by atoms with Crippen molar-refractivity contribution in [1.29, 1.82) is 0 Å². The maximum absolute atomic E-state index is 14.1. The summed E-state index contributed by atoms with van der Waals surface area (Å²) in [5.74, 6) is -0.458. The van der Waals surface area contributed by atoms with E-state index in [0.717, 1.165) is 27.9 Å². The van der Waals surface area contributed by atoms with Crippen LogP contribution in [0.15, 0.2) is 84.9 Å². The van der Waals surface area contributed by atoms with Gasteiger partial charge in [0.05, 0.1) is 11.7 Å². The topological polar surface area (TPSA) is 49.0 Å². The van der Waals surface area contributed by atoms with Crippen LogP contribution in [-0.2, 0) is 6.54 Å². The number of carbonyl (C=O) groups is 1. The van der Waals surface area contributed by atoms with Crippen LogP contribution >= 0.6 is 0 Å². The third-order valence-corrected chi connectivity index (χ3v) is 5.27. The molecule has 0 bridgehead atoms. The first-order valence-corrected chi connectivity index (χ1v) is 9.46. The maximum Gasteiger partial charge on any atom is 0.273 e. The van der Waals surface area contributed by atoms with Gasteiger partial charge in [-0.3, -0.25) is 9.89 Å². The molecule has 0 aliphatic carbocycles. The molecule has 1 aliphatic rings. The van der Waals surface area contributed by atoms with Gasteiger partial charge in [-0.1, -0.05) is 72.8 Å². The summed E-state index contributed by atoms with van der Waals surface area (Å²) < 4.78 is 14.1. The Labute approximate surface area is 167 Å². The van der Waals surface area contributed by atoms with Crippen molar-refractivity contribution in [3.8, 4) is 11.3 Å². The molecule has 1 aromatic heterocycles. The van der Waals surface area contributed by atoms with Gasteiger partial charge in [0.1, 0.15) is 11.5 Å². The number of H-pyrrole nitrogens is 1. The summed E-state index contributed by atoms with van der Waals surface area (Å²) in [6.45, 7) is 0.428. The number of fused-ring (bicyclic) bond motifs is 1. The molecule has 1 atom stereocenters. The van der Waals surface area contributed by atoms with Crippen molar-refractivity contribution in [2.75, 3.05) is 0 Å². The van der Waals surface area contributed by atoms with Gasteiger partial charge in [-0.15, -0.1) is 0 Å². The summed E-state index contributed by atoms with van der Waals surface area (Å²) in [5, 5.41) is 7.36. The van der Waals surface area contributed by atoms with Crippen LogP contribution in [-0.4, -0.2) is 21.0 Å². The largest absolute Gasteiger partial charge is 0.322 e. The number of amides is 1. The van der Waals surface area contributed by atoms with Crippen molar-refractivity contribution in [3.05, 3.63) is 113 Å². The van der Waals surface area contributed by atoms with E-state index in [-0.39, 0.29) is 11.7 Å². The maximum atomic E-state index is 14.1. The Hall–Kier alpha value is -3.73. The predicted molar refractivity (Wildman–Crippen MR) is 109 cm³/mol. The molecule has 2 heterocycles. The molecule has 1 unspecified atom stereocenters. The fourth-order valence-electron chi connectivity index (χ4n) is 3.98. The van der Waals surface area contributed by atoms with Gasteiger partial charge in [0.2, 0.25) is 0 Å². The standard InChI is InChI=1S/C24H18FN3O/c25-19-13-7-12-18(14-19)23-20-21(17-10-5-2-6-11-17)26-27-22(20)24(29)28(23)15-16-8-3-1-4-9-16/h1-14,23H,15H2,(H,26,27). The third-order valence-electron chi connectivity index (χ3n) is 5.27. The molecule has 4 aromatic rings. The molecular weight excluding hydrogens is 365 g/mol. The monoisotopic (exact) mass is 383 g/mol. The van der Waals surface area contributed by atoms with E-state index < -0.39 is 6.04 Å². The molecule has 0 spiro atoms. The van der Waals surface area contributed by atoms with Gasteiger partial charge in [-0.05, 0) is 23.3 Å². The van der Waals surface area contributed by atoms with Crippen LogP contribution in [0.1, 0.15) is 33.2 Å². The molecule has 0 saturated heterocycles. The van der Waals surface area contributed by atoms with Crippen LogP contribution in [0.25, 0.3) is 11.3 Å². The lowest BCUT2D eigenvalue weighted by Crippen LogP contribution is -2.29. The zero-order valence-electron chi connectivity index (χ0n) is 15.5. The van der Waals surface area contributed by atoms with Crippen molar-refractivity contribution in [2.24, 2.45) is 0 Å². The highest BCUT2D eigenvalue weighted by Crippen LogP contribution is 2.43. The first-order valence-electron chi connectivity index (χ1n) is 9.46. The zero-order chi connectivity index (χ0) is 19.8. The minimum Gasteiger partial charge on any atom is -0.322 e. The first kappa shape index (κ1) is 17.4. The average molecular weight is 383 g/mol. The SMILES string of the molecule is O=C1c2[nH]nc(-c3ccccc3)c2C(c2cccc(F)c2)N1Cc1ccccc1. The average Bonchev–Trinajstić information content (AvgIpc) is 3.29. The Morgan fingerprint density at radius 3 is 2.38 bits per heavy atom. The van der Waals surface area contributed by atoms with Crippen molar-refractivity contribution in [1.82, 2.24) is 15.1 Å². The minimum atomic E-state index is -0.414. The molecule has 4 nitrogen and oxygen atoms in total. The van der Waals surface area contributed by atoms with Gasteiger partial charge in [0, 0.05) is 17.7 Å². The minimum absolute atomic E-state index is 0.132. The van der Waals surface area contributed by atoms with Crippen LogP contribution in [0.3, 0.4) is 0 Å². The van der Waals surface area contributed by atoms with Crippen molar-refractivity contribution < 1.29 is 9.18 Å².